The summed E-state index contributed by atoms with van der Waals surface area (Å²) in [5.74, 6) is 0.421. The Hall–Kier alpha value is -1.69. The molecular formula is C18H21NO3S. The van der Waals surface area contributed by atoms with Gasteiger partial charge in [0.25, 0.3) is 10.1 Å². The van der Waals surface area contributed by atoms with Crippen molar-refractivity contribution in [3.8, 4) is 0 Å². The van der Waals surface area contributed by atoms with Crippen LogP contribution < -0.4 is 0 Å². The molecule has 1 heterocycles. The van der Waals surface area contributed by atoms with Crippen molar-refractivity contribution in [1.29, 1.82) is 0 Å². The van der Waals surface area contributed by atoms with Crippen molar-refractivity contribution in [3.05, 3.63) is 71.8 Å². The molecule has 0 radical (unpaired) electrons. The Balaban J connectivity index is 1.98. The van der Waals surface area contributed by atoms with Crippen molar-refractivity contribution in [1.82, 2.24) is 5.06 Å². The Kier molecular flexibility index (Phi) is 4.53. The van der Waals surface area contributed by atoms with Gasteiger partial charge in [-0.25, -0.2) is 0 Å². The number of nitrogens with zero attached hydrogens (tertiary/aromatic N) is 1. The summed E-state index contributed by atoms with van der Waals surface area (Å²) in [4.78, 5) is 0. The average molecular weight is 331 g/mol. The van der Waals surface area contributed by atoms with E-state index in [1.807, 2.05) is 36.4 Å². The molecule has 2 aromatic rings. The Morgan fingerprint density at radius 1 is 1.00 bits per heavy atom. The third-order valence-electron chi connectivity index (χ3n) is 4.27. The van der Waals surface area contributed by atoms with Crippen LogP contribution in [0.4, 0.5) is 0 Å². The normalized spacial score (nSPS) is 22.0. The quantitative estimate of drug-likeness (QED) is 0.845. The summed E-state index contributed by atoms with van der Waals surface area (Å²) in [6.45, 7) is 2.75. The zero-order chi connectivity index (χ0) is 16.4. The van der Waals surface area contributed by atoms with E-state index in [2.05, 4.69) is 31.2 Å². The van der Waals surface area contributed by atoms with Gasteiger partial charge in [0.1, 0.15) is 0 Å². The predicted molar refractivity (Wildman–Crippen MR) is 90.3 cm³/mol. The highest BCUT2D eigenvalue weighted by Gasteiger charge is 2.44. The molecule has 1 saturated heterocycles. The van der Waals surface area contributed by atoms with Gasteiger partial charge >= 0.3 is 0 Å². The molecule has 5 heteroatoms. The van der Waals surface area contributed by atoms with Crippen LogP contribution in [0.3, 0.4) is 0 Å². The zero-order valence-corrected chi connectivity index (χ0v) is 14.1. The molecule has 0 aromatic heterocycles. The summed E-state index contributed by atoms with van der Waals surface area (Å²) < 4.78 is 28.2. The Labute approximate surface area is 137 Å². The summed E-state index contributed by atoms with van der Waals surface area (Å²) in [5.41, 5.74) is 2.33. The number of hydroxylamine groups is 2. The van der Waals surface area contributed by atoms with E-state index in [1.54, 1.807) is 5.06 Å². The number of benzene rings is 2. The minimum Gasteiger partial charge on any atom is -0.198 e. The molecule has 1 fully saturated rings. The van der Waals surface area contributed by atoms with Crippen LogP contribution in [-0.4, -0.2) is 32.3 Å². The van der Waals surface area contributed by atoms with Crippen LogP contribution in [-0.2, 0) is 14.4 Å². The average Bonchev–Trinajstić information content (AvgIpc) is 2.52. The highest BCUT2D eigenvalue weighted by atomic mass is 32.2. The van der Waals surface area contributed by atoms with E-state index >= 15 is 0 Å². The Morgan fingerprint density at radius 3 is 1.87 bits per heavy atom. The van der Waals surface area contributed by atoms with Gasteiger partial charge in [-0.2, -0.15) is 17.8 Å². The van der Waals surface area contributed by atoms with Crippen LogP contribution in [0, 0.1) is 5.92 Å². The molecule has 2 aromatic carbocycles. The topological polar surface area (TPSA) is 46.6 Å². The van der Waals surface area contributed by atoms with Crippen molar-refractivity contribution in [2.75, 3.05) is 12.8 Å². The van der Waals surface area contributed by atoms with Gasteiger partial charge in [-0.15, -0.1) is 0 Å². The van der Waals surface area contributed by atoms with Crippen LogP contribution in [0.15, 0.2) is 60.7 Å². The van der Waals surface area contributed by atoms with Gasteiger partial charge in [-0.1, -0.05) is 67.6 Å². The van der Waals surface area contributed by atoms with Crippen molar-refractivity contribution in [2.45, 2.75) is 18.9 Å². The molecule has 2 atom stereocenters. The van der Waals surface area contributed by atoms with Crippen LogP contribution in [0.5, 0.6) is 0 Å². The van der Waals surface area contributed by atoms with E-state index < -0.39 is 10.1 Å². The maximum Gasteiger partial charge on any atom is 0.280 e. The first-order valence-corrected chi connectivity index (χ1v) is 9.53. The molecular weight excluding hydrogens is 310 g/mol. The second kappa shape index (κ2) is 6.43. The first kappa shape index (κ1) is 16.2. The van der Waals surface area contributed by atoms with Crippen LogP contribution in [0.2, 0.25) is 0 Å². The Morgan fingerprint density at radius 2 is 1.48 bits per heavy atom. The van der Waals surface area contributed by atoms with Crippen molar-refractivity contribution in [2.24, 2.45) is 5.92 Å². The third kappa shape index (κ3) is 3.63. The van der Waals surface area contributed by atoms with Gasteiger partial charge in [0.05, 0.1) is 12.3 Å². The fourth-order valence-corrected chi connectivity index (χ4v) is 3.82. The highest BCUT2D eigenvalue weighted by Crippen LogP contribution is 2.40. The summed E-state index contributed by atoms with van der Waals surface area (Å²) in [5, 5.41) is 1.60. The van der Waals surface area contributed by atoms with Gasteiger partial charge in [0.15, 0.2) is 0 Å². The molecule has 0 bridgehead atoms. The second-order valence-electron chi connectivity index (χ2n) is 6.15. The van der Waals surface area contributed by atoms with Gasteiger partial charge in [0.2, 0.25) is 0 Å². The molecule has 2 unspecified atom stereocenters. The fraction of sp³-hybridized carbons (Fsp3) is 0.333. The minimum absolute atomic E-state index is 0.00507. The predicted octanol–water partition coefficient (Wildman–Crippen LogP) is 3.03. The van der Waals surface area contributed by atoms with Crippen molar-refractivity contribution >= 4 is 10.1 Å². The standard InChI is InChI=1S/C18H21NO3S/c1-14-13-19(22-23(2,20)21)18(14)17(15-9-5-3-6-10-15)16-11-7-4-8-12-16/h3-12,14,17-18H,13H2,1-2H3. The van der Waals surface area contributed by atoms with Gasteiger partial charge in [-0.05, 0) is 17.0 Å². The fourth-order valence-electron chi connectivity index (χ4n) is 3.32. The molecule has 23 heavy (non-hydrogen) atoms. The molecule has 0 aliphatic carbocycles. The summed E-state index contributed by atoms with van der Waals surface area (Å²) in [6, 6.07) is 20.3. The maximum atomic E-state index is 11.5. The van der Waals surface area contributed by atoms with E-state index in [0.717, 1.165) is 17.4 Å². The number of hydrogen-bond acceptors (Lipinski definition) is 4. The first-order chi connectivity index (χ1) is 11.0. The van der Waals surface area contributed by atoms with E-state index in [4.69, 9.17) is 4.28 Å². The van der Waals surface area contributed by atoms with Crippen LogP contribution >= 0.6 is 0 Å². The lowest BCUT2D eigenvalue weighted by Crippen LogP contribution is -2.58. The van der Waals surface area contributed by atoms with E-state index in [0.29, 0.717) is 12.5 Å². The molecule has 122 valence electrons. The molecule has 3 rings (SSSR count). The molecule has 1 aliphatic heterocycles. The molecule has 0 saturated carbocycles. The van der Waals surface area contributed by atoms with Crippen LogP contribution in [0.25, 0.3) is 0 Å². The van der Waals surface area contributed by atoms with E-state index in [-0.39, 0.29) is 12.0 Å². The summed E-state index contributed by atoms with van der Waals surface area (Å²) in [6.07, 6.45) is 1.09. The lowest BCUT2D eigenvalue weighted by molar-refractivity contribution is -0.184. The first-order valence-electron chi connectivity index (χ1n) is 7.72. The smallest absolute Gasteiger partial charge is 0.198 e. The molecule has 4 nitrogen and oxygen atoms in total. The number of rotatable bonds is 5. The second-order valence-corrected chi connectivity index (χ2v) is 7.70. The number of hydrogen-bond donors (Lipinski definition) is 0. The monoisotopic (exact) mass is 331 g/mol. The molecule has 0 spiro atoms. The molecule has 0 amide bonds. The molecule has 0 N–H and O–H groups in total. The highest BCUT2D eigenvalue weighted by molar-refractivity contribution is 7.85. The maximum absolute atomic E-state index is 11.5. The van der Waals surface area contributed by atoms with E-state index in [9.17, 15) is 8.42 Å². The van der Waals surface area contributed by atoms with Gasteiger partial charge in [0, 0.05) is 12.5 Å². The van der Waals surface area contributed by atoms with Gasteiger partial charge in [-0.3, -0.25) is 0 Å². The van der Waals surface area contributed by atoms with Crippen LogP contribution in [0.1, 0.15) is 24.0 Å². The summed E-state index contributed by atoms with van der Waals surface area (Å²) >= 11 is 0. The van der Waals surface area contributed by atoms with Crippen molar-refractivity contribution < 1.29 is 12.7 Å². The lowest BCUT2D eigenvalue weighted by atomic mass is 9.75. The molecule has 1 aliphatic rings. The zero-order valence-electron chi connectivity index (χ0n) is 13.3. The largest absolute Gasteiger partial charge is 0.280 e. The van der Waals surface area contributed by atoms with E-state index in [1.165, 1.54) is 0 Å². The lowest BCUT2D eigenvalue weighted by Gasteiger charge is -2.48. The minimum atomic E-state index is -3.51. The SMILES string of the molecule is CC1CN(OS(C)(=O)=O)C1C(c1ccccc1)c1ccccc1. The Bertz CT molecular complexity index is 707. The summed E-state index contributed by atoms with van der Waals surface area (Å²) in [7, 11) is -3.51. The van der Waals surface area contributed by atoms with Gasteiger partial charge < -0.3 is 0 Å². The van der Waals surface area contributed by atoms with Crippen molar-refractivity contribution in [3.63, 3.8) is 0 Å². The third-order valence-corrected chi connectivity index (χ3v) is 4.74.